The fourth-order valence-corrected chi connectivity index (χ4v) is 2.70. The van der Waals surface area contributed by atoms with Crippen molar-refractivity contribution in [3.05, 3.63) is 0 Å². The summed E-state index contributed by atoms with van der Waals surface area (Å²) in [6.45, 7) is 0.985. The average molecular weight is 300 g/mol. The molecular formula is C13H20N2O6. The van der Waals surface area contributed by atoms with Gasteiger partial charge in [-0.05, 0) is 19.3 Å². The van der Waals surface area contributed by atoms with Crippen LogP contribution in [0.3, 0.4) is 0 Å². The van der Waals surface area contributed by atoms with E-state index >= 15 is 0 Å². The number of likely N-dealkylation sites (tertiary alicyclic amines) is 1. The molecule has 2 aliphatic heterocycles. The van der Waals surface area contributed by atoms with Gasteiger partial charge in [-0.25, -0.2) is 14.4 Å². The van der Waals surface area contributed by atoms with Crippen molar-refractivity contribution < 1.29 is 29.0 Å². The predicted octanol–water partition coefficient (Wildman–Crippen LogP) is -0.0807. The normalized spacial score (nSPS) is 26.3. The van der Waals surface area contributed by atoms with Crippen LogP contribution in [0.25, 0.3) is 0 Å². The largest absolute Gasteiger partial charge is 0.479 e. The summed E-state index contributed by atoms with van der Waals surface area (Å²) in [4.78, 5) is 38.2. The summed E-state index contributed by atoms with van der Waals surface area (Å²) >= 11 is 0. The molecule has 0 aromatic rings. The lowest BCUT2D eigenvalue weighted by molar-refractivity contribution is -0.155. The van der Waals surface area contributed by atoms with E-state index in [1.807, 2.05) is 0 Å². The monoisotopic (exact) mass is 300 g/mol. The maximum atomic E-state index is 12.5. The van der Waals surface area contributed by atoms with E-state index in [1.165, 1.54) is 16.9 Å². The van der Waals surface area contributed by atoms with Crippen molar-refractivity contribution in [2.45, 2.75) is 31.4 Å². The molecule has 118 valence electrons. The molecule has 2 aliphatic rings. The molecule has 21 heavy (non-hydrogen) atoms. The van der Waals surface area contributed by atoms with E-state index in [9.17, 15) is 14.4 Å². The molecule has 1 N–H and O–H groups in total. The Balaban J connectivity index is 2.06. The van der Waals surface area contributed by atoms with Gasteiger partial charge in [-0.1, -0.05) is 0 Å². The van der Waals surface area contributed by atoms with E-state index in [0.29, 0.717) is 19.5 Å². The number of rotatable bonds is 2. The van der Waals surface area contributed by atoms with Crippen molar-refractivity contribution in [3.8, 4) is 0 Å². The van der Waals surface area contributed by atoms with Gasteiger partial charge in [0.2, 0.25) is 0 Å². The molecule has 2 fully saturated rings. The SMILES string of the molecule is COC(=O)C1CCCCN1C(=O)N1CCOC(C(=O)O)C1. The van der Waals surface area contributed by atoms with Crippen LogP contribution in [0.1, 0.15) is 19.3 Å². The zero-order valence-corrected chi connectivity index (χ0v) is 12.0. The van der Waals surface area contributed by atoms with Gasteiger partial charge < -0.3 is 24.4 Å². The Morgan fingerprint density at radius 2 is 2.00 bits per heavy atom. The smallest absolute Gasteiger partial charge is 0.334 e. The first-order chi connectivity index (χ1) is 10.0. The summed E-state index contributed by atoms with van der Waals surface area (Å²) < 4.78 is 9.85. The topological polar surface area (TPSA) is 96.4 Å². The third kappa shape index (κ3) is 3.44. The lowest BCUT2D eigenvalue weighted by atomic mass is 10.0. The third-order valence-electron chi connectivity index (χ3n) is 3.83. The minimum Gasteiger partial charge on any atom is -0.479 e. The Kier molecular flexibility index (Phi) is 5.00. The number of carboxylic acid groups (broad SMARTS) is 1. The van der Waals surface area contributed by atoms with E-state index in [-0.39, 0.29) is 19.2 Å². The first-order valence-corrected chi connectivity index (χ1v) is 7.02. The maximum absolute atomic E-state index is 12.5. The second kappa shape index (κ2) is 6.75. The van der Waals surface area contributed by atoms with Crippen molar-refractivity contribution >= 4 is 18.0 Å². The number of nitrogens with zero attached hydrogens (tertiary/aromatic N) is 2. The number of aliphatic carboxylic acids is 1. The highest BCUT2D eigenvalue weighted by Crippen LogP contribution is 2.21. The number of morpholine rings is 1. The summed E-state index contributed by atoms with van der Waals surface area (Å²) in [5, 5.41) is 8.98. The summed E-state index contributed by atoms with van der Waals surface area (Å²) in [7, 11) is 1.30. The van der Waals surface area contributed by atoms with Crippen molar-refractivity contribution in [2.24, 2.45) is 0 Å². The maximum Gasteiger partial charge on any atom is 0.334 e. The highest BCUT2D eigenvalue weighted by Gasteiger charge is 2.37. The number of amides is 2. The summed E-state index contributed by atoms with van der Waals surface area (Å²) in [5.41, 5.74) is 0. The van der Waals surface area contributed by atoms with Crippen LogP contribution in [0.5, 0.6) is 0 Å². The van der Waals surface area contributed by atoms with Gasteiger partial charge >= 0.3 is 18.0 Å². The lowest BCUT2D eigenvalue weighted by Crippen LogP contribution is -2.57. The van der Waals surface area contributed by atoms with Gasteiger partial charge in [0.25, 0.3) is 0 Å². The van der Waals surface area contributed by atoms with Crippen LogP contribution in [0, 0.1) is 0 Å². The number of methoxy groups -OCH3 is 1. The van der Waals surface area contributed by atoms with Crippen LogP contribution >= 0.6 is 0 Å². The van der Waals surface area contributed by atoms with Crippen LogP contribution in [-0.4, -0.2) is 78.4 Å². The summed E-state index contributed by atoms with van der Waals surface area (Å²) in [5.74, 6) is -1.51. The second-order valence-electron chi connectivity index (χ2n) is 5.15. The van der Waals surface area contributed by atoms with Crippen molar-refractivity contribution in [1.82, 2.24) is 9.80 Å². The van der Waals surface area contributed by atoms with Gasteiger partial charge in [0.1, 0.15) is 6.04 Å². The molecule has 2 rings (SSSR count). The molecule has 2 heterocycles. The van der Waals surface area contributed by atoms with Crippen LogP contribution in [0.4, 0.5) is 4.79 Å². The average Bonchev–Trinajstić information content (AvgIpc) is 2.53. The Morgan fingerprint density at radius 3 is 2.67 bits per heavy atom. The Bertz CT molecular complexity index is 427. The Labute approximate surface area is 122 Å². The van der Waals surface area contributed by atoms with E-state index < -0.39 is 24.1 Å². The molecule has 8 nitrogen and oxygen atoms in total. The summed E-state index contributed by atoms with van der Waals surface area (Å²) in [6.07, 6.45) is 1.26. The molecule has 2 atom stereocenters. The fourth-order valence-electron chi connectivity index (χ4n) is 2.70. The molecule has 8 heteroatoms. The number of esters is 1. The molecule has 0 aromatic heterocycles. The van der Waals surface area contributed by atoms with Gasteiger partial charge in [-0.15, -0.1) is 0 Å². The molecule has 0 spiro atoms. The van der Waals surface area contributed by atoms with E-state index in [0.717, 1.165) is 12.8 Å². The first-order valence-electron chi connectivity index (χ1n) is 7.02. The van der Waals surface area contributed by atoms with Crippen LogP contribution in [-0.2, 0) is 19.1 Å². The second-order valence-corrected chi connectivity index (χ2v) is 5.15. The lowest BCUT2D eigenvalue weighted by Gasteiger charge is -2.39. The molecule has 0 radical (unpaired) electrons. The number of ether oxygens (including phenoxy) is 2. The molecular weight excluding hydrogens is 280 g/mol. The Hall–Kier alpha value is -1.83. The van der Waals surface area contributed by atoms with E-state index in [1.54, 1.807) is 0 Å². The zero-order chi connectivity index (χ0) is 15.4. The molecule has 0 saturated carbocycles. The standard InChI is InChI=1S/C13H20N2O6/c1-20-12(18)9-4-2-3-5-15(9)13(19)14-6-7-21-10(8-14)11(16)17/h9-10H,2-8H2,1H3,(H,16,17). The highest BCUT2D eigenvalue weighted by atomic mass is 16.5. The van der Waals surface area contributed by atoms with Crippen molar-refractivity contribution in [3.63, 3.8) is 0 Å². The van der Waals surface area contributed by atoms with Gasteiger partial charge in [-0.2, -0.15) is 0 Å². The Morgan fingerprint density at radius 1 is 1.24 bits per heavy atom. The van der Waals surface area contributed by atoms with Crippen molar-refractivity contribution in [2.75, 3.05) is 33.4 Å². The van der Waals surface area contributed by atoms with Gasteiger partial charge in [-0.3, -0.25) is 0 Å². The highest BCUT2D eigenvalue weighted by molar-refractivity contribution is 5.84. The number of hydrogen-bond donors (Lipinski definition) is 1. The zero-order valence-electron chi connectivity index (χ0n) is 12.0. The molecule has 0 bridgehead atoms. The number of carbonyl (C=O) groups excluding carboxylic acids is 2. The molecule has 2 amide bonds. The molecule has 2 saturated heterocycles. The van der Waals surface area contributed by atoms with Crippen LogP contribution in [0.2, 0.25) is 0 Å². The van der Waals surface area contributed by atoms with Crippen molar-refractivity contribution in [1.29, 1.82) is 0 Å². The minimum atomic E-state index is -1.09. The van der Waals surface area contributed by atoms with E-state index in [2.05, 4.69) is 0 Å². The third-order valence-corrected chi connectivity index (χ3v) is 3.83. The quantitative estimate of drug-likeness (QED) is 0.717. The number of hydrogen-bond acceptors (Lipinski definition) is 5. The number of carbonyl (C=O) groups is 3. The van der Waals surface area contributed by atoms with E-state index in [4.69, 9.17) is 14.6 Å². The van der Waals surface area contributed by atoms with Gasteiger partial charge in [0, 0.05) is 13.1 Å². The number of urea groups is 1. The molecule has 0 aliphatic carbocycles. The molecule has 0 aromatic carbocycles. The van der Waals surface area contributed by atoms with Gasteiger partial charge in [0.15, 0.2) is 6.10 Å². The summed E-state index contributed by atoms with van der Waals surface area (Å²) in [6, 6.07) is -0.901. The molecule has 2 unspecified atom stereocenters. The fraction of sp³-hybridized carbons (Fsp3) is 0.769. The van der Waals surface area contributed by atoms with Crippen LogP contribution < -0.4 is 0 Å². The first kappa shape index (κ1) is 15.6. The van der Waals surface area contributed by atoms with Crippen LogP contribution in [0.15, 0.2) is 0 Å². The number of carboxylic acids is 1. The number of piperidine rings is 1. The minimum absolute atomic E-state index is 0.00143. The predicted molar refractivity (Wildman–Crippen MR) is 70.7 cm³/mol. The van der Waals surface area contributed by atoms with Gasteiger partial charge in [0.05, 0.1) is 20.3 Å².